The smallest absolute Gasteiger partial charge is 0.146 e. The maximum Gasteiger partial charge on any atom is 0.146 e. The number of nitriles is 1. The van der Waals surface area contributed by atoms with Gasteiger partial charge < -0.3 is 35.2 Å². The molecule has 1 saturated carbocycles. The van der Waals surface area contributed by atoms with Crippen LogP contribution < -0.4 is 15.0 Å². The molecule has 6 N–H and O–H groups in total. The Balaban J connectivity index is 0.833. The Morgan fingerprint density at radius 3 is 2.29 bits per heavy atom. The molecular weight excluding hydrogens is 777 g/mol. The summed E-state index contributed by atoms with van der Waals surface area (Å²) < 4.78 is 23.8. The highest BCUT2D eigenvalue weighted by molar-refractivity contribution is 6.31. The number of nitrogens with zero attached hydrogens (tertiary/aromatic N) is 6. The van der Waals surface area contributed by atoms with Gasteiger partial charge in [-0.05, 0) is 60.4 Å². The third-order valence-corrected chi connectivity index (χ3v) is 13.5. The molecule has 3 fully saturated rings. The van der Waals surface area contributed by atoms with E-state index in [0.717, 1.165) is 22.3 Å². The number of ether oxygens (including phenoxy) is 1. The average molecular weight is 824 g/mol. The quantitative estimate of drug-likeness (QED) is 0.152. The highest BCUT2D eigenvalue weighted by Crippen LogP contribution is 2.60. The Hall–Kier alpha value is -4.58. The number of benzene rings is 3. The number of halogens is 2. The minimum atomic E-state index is -1.31. The zero-order valence-electron chi connectivity index (χ0n) is 33.1. The van der Waals surface area contributed by atoms with Crippen LogP contribution in [0.25, 0.3) is 0 Å². The molecule has 6 atom stereocenters. The lowest BCUT2D eigenvalue weighted by atomic mass is 9.49. The van der Waals surface area contributed by atoms with Crippen LogP contribution in [0.15, 0.2) is 60.9 Å². The topological polar surface area (TPSA) is 174 Å². The molecule has 0 bridgehead atoms. The minimum Gasteiger partial charge on any atom is -0.489 e. The zero-order valence-corrected chi connectivity index (χ0v) is 33.8. The van der Waals surface area contributed by atoms with Crippen LogP contribution in [0.5, 0.6) is 5.75 Å². The molecule has 1 aliphatic carbocycles. The molecule has 0 amide bonds. The van der Waals surface area contributed by atoms with E-state index < -0.39 is 43.0 Å². The second-order valence-electron chi connectivity index (χ2n) is 17.7. The molecule has 4 aromatic rings. The van der Waals surface area contributed by atoms with Crippen molar-refractivity contribution in [2.45, 2.75) is 102 Å². The van der Waals surface area contributed by atoms with E-state index in [9.17, 15) is 30.8 Å². The van der Waals surface area contributed by atoms with Gasteiger partial charge in [0.1, 0.15) is 54.9 Å². The van der Waals surface area contributed by atoms with Crippen LogP contribution in [0.4, 0.5) is 10.1 Å². The van der Waals surface area contributed by atoms with Crippen molar-refractivity contribution >= 4 is 17.3 Å². The van der Waals surface area contributed by atoms with Crippen molar-refractivity contribution in [1.29, 1.82) is 5.26 Å². The number of aromatic nitrogens is 2. The number of fused-ring (bicyclic) bond motifs is 2. The first-order chi connectivity index (χ1) is 28.1. The number of aliphatic hydroxyl groups is 5. The van der Waals surface area contributed by atoms with Crippen molar-refractivity contribution in [3.05, 3.63) is 111 Å². The van der Waals surface area contributed by atoms with E-state index in [0.29, 0.717) is 60.1 Å². The lowest BCUT2D eigenvalue weighted by molar-refractivity contribution is -0.235. The lowest BCUT2D eigenvalue weighted by Gasteiger charge is -2.66. The zero-order chi connectivity index (χ0) is 41.7. The van der Waals surface area contributed by atoms with Gasteiger partial charge in [0.05, 0.1) is 40.1 Å². The normalized spacial score (nSPS) is 29.8. The van der Waals surface area contributed by atoms with Crippen LogP contribution >= 0.6 is 11.6 Å². The lowest BCUT2D eigenvalue weighted by Crippen LogP contribution is -2.74. The second-order valence-corrected chi connectivity index (χ2v) is 18.1. The van der Waals surface area contributed by atoms with Gasteiger partial charge in [-0.25, -0.2) is 9.29 Å². The molecule has 5 aliphatic rings. The van der Waals surface area contributed by atoms with Crippen molar-refractivity contribution < 1.29 is 34.7 Å². The van der Waals surface area contributed by atoms with Gasteiger partial charge >= 0.3 is 0 Å². The van der Waals surface area contributed by atoms with Crippen molar-refractivity contribution in [1.82, 2.24) is 24.9 Å². The number of rotatable bonds is 6. The molecular formula is C44H47ClFN7O6. The molecule has 13 nitrogen and oxygen atoms in total. The molecule has 0 radical (unpaired) electrons. The Morgan fingerprint density at radius 1 is 0.881 bits per heavy atom. The molecule has 308 valence electrons. The van der Waals surface area contributed by atoms with Crippen LogP contribution in [0.2, 0.25) is 5.02 Å². The van der Waals surface area contributed by atoms with E-state index in [1.54, 1.807) is 30.5 Å². The van der Waals surface area contributed by atoms with Gasteiger partial charge in [-0.1, -0.05) is 57.2 Å². The van der Waals surface area contributed by atoms with Crippen molar-refractivity contribution in [3.8, 4) is 23.7 Å². The molecule has 4 aliphatic heterocycles. The van der Waals surface area contributed by atoms with Gasteiger partial charge in [-0.15, -0.1) is 0 Å². The van der Waals surface area contributed by atoms with Crippen molar-refractivity contribution in [2.75, 3.05) is 18.0 Å². The van der Waals surface area contributed by atoms with E-state index in [4.69, 9.17) is 16.3 Å². The third-order valence-electron chi connectivity index (χ3n) is 13.1. The summed E-state index contributed by atoms with van der Waals surface area (Å²) in [7, 11) is 0. The maximum atomic E-state index is 15.5. The fourth-order valence-electron chi connectivity index (χ4n) is 10.7. The summed E-state index contributed by atoms with van der Waals surface area (Å²) in [5.41, 5.74) is 4.11. The van der Waals surface area contributed by atoms with Gasteiger partial charge in [0.2, 0.25) is 0 Å². The van der Waals surface area contributed by atoms with E-state index in [2.05, 4.69) is 60.9 Å². The van der Waals surface area contributed by atoms with Crippen molar-refractivity contribution in [2.24, 2.45) is 10.8 Å². The molecule has 1 aromatic heterocycles. The summed E-state index contributed by atoms with van der Waals surface area (Å²) in [4.78, 5) is 5.35. The van der Waals surface area contributed by atoms with E-state index >= 15 is 4.39 Å². The molecule has 59 heavy (non-hydrogen) atoms. The maximum absolute atomic E-state index is 15.5. The van der Waals surface area contributed by atoms with E-state index in [-0.39, 0.29) is 34.6 Å². The number of piperidine rings is 1. The Morgan fingerprint density at radius 2 is 1.59 bits per heavy atom. The first kappa shape index (κ1) is 39.9. The predicted molar refractivity (Wildman–Crippen MR) is 215 cm³/mol. The van der Waals surface area contributed by atoms with Gasteiger partial charge in [-0.3, -0.25) is 14.9 Å². The Labute approximate surface area is 346 Å². The molecule has 2 saturated heterocycles. The summed E-state index contributed by atoms with van der Waals surface area (Å²) >= 11 is 6.29. The number of aliphatic hydroxyl groups excluding tert-OH is 5. The molecule has 3 aromatic carbocycles. The molecule has 9 rings (SSSR count). The predicted octanol–water partition coefficient (Wildman–Crippen LogP) is 4.38. The average Bonchev–Trinajstić information content (AvgIpc) is 3.83. The van der Waals surface area contributed by atoms with Crippen LogP contribution in [0.3, 0.4) is 0 Å². The highest BCUT2D eigenvalue weighted by Gasteiger charge is 2.66. The number of nitrogens with one attached hydrogen (secondary N) is 1. The van der Waals surface area contributed by atoms with Gasteiger partial charge in [0, 0.05) is 65.5 Å². The van der Waals surface area contributed by atoms with Crippen LogP contribution in [0, 0.1) is 39.8 Å². The summed E-state index contributed by atoms with van der Waals surface area (Å²) in [5, 5.41) is 70.9. The summed E-state index contributed by atoms with van der Waals surface area (Å²) in [6.45, 7) is 10.1. The summed E-state index contributed by atoms with van der Waals surface area (Å²) in [6.07, 6.45) is -1.32. The summed E-state index contributed by atoms with van der Waals surface area (Å²) in [5.74, 6) is 6.56. The first-order valence-electron chi connectivity index (χ1n) is 19.9. The fourth-order valence-corrected chi connectivity index (χ4v) is 10.9. The minimum absolute atomic E-state index is 0.00121. The van der Waals surface area contributed by atoms with Gasteiger partial charge in [0.25, 0.3) is 0 Å². The van der Waals surface area contributed by atoms with Crippen LogP contribution in [-0.4, -0.2) is 88.8 Å². The van der Waals surface area contributed by atoms with Gasteiger partial charge in [-0.2, -0.15) is 10.4 Å². The van der Waals surface area contributed by atoms with Crippen LogP contribution in [-0.2, 0) is 6.54 Å². The Kier molecular flexibility index (Phi) is 9.83. The number of hydrogen-bond donors (Lipinski definition) is 6. The third kappa shape index (κ3) is 6.59. The standard InChI is InChI=1S/C44H47ClFN7O6/c1-43(2)41(44(3,4)42(43)59-28-9-8-25(17-47)32(45)14-28)51-20-26-13-23(7-10-29(26)38(51)56)5-6-24-18-48-52(19-24)27-21-50(22-27)35-16-31-30(15-33(35)46)39(57)53(40(31)58)34-11-12-36(54)49-37(34)55/h7-10,13-16,18-19,27,34,36-42,49,54-58H,11-12,20-22H2,1-4H3/t34-,36-,37-,38-,39-,40-,41?,42?/m1/s1. The summed E-state index contributed by atoms with van der Waals surface area (Å²) in [6, 6.07) is 15.2. The second kappa shape index (κ2) is 14.6. The number of hydrogen-bond acceptors (Lipinski definition) is 12. The highest BCUT2D eigenvalue weighted by atomic mass is 35.5. The SMILES string of the molecule is CC1(C)C(Oc2ccc(C#N)c(Cl)c2)C(C)(C)C1N1Cc2cc(C#Cc3cnn(C4CN(c5cc6c(cc5F)[C@@H](O)N([C@@H]5CC[C@@H](O)N[C@@H]5O)[C@@H]6O)C4)c3)ccc2[C@H]1O. The first-order valence-corrected chi connectivity index (χ1v) is 20.3. The van der Waals surface area contributed by atoms with Crippen LogP contribution in [0.1, 0.15) is 104 Å². The Bertz CT molecular complexity index is 2400. The van der Waals surface area contributed by atoms with Gasteiger partial charge in [0.15, 0.2) is 0 Å². The molecule has 0 unspecified atom stereocenters. The largest absolute Gasteiger partial charge is 0.489 e. The number of anilines is 1. The molecule has 15 heteroatoms. The van der Waals surface area contributed by atoms with E-state index in [1.807, 2.05) is 34.0 Å². The molecule has 0 spiro atoms. The monoisotopic (exact) mass is 823 g/mol. The van der Waals surface area contributed by atoms with E-state index in [1.165, 1.54) is 11.0 Å². The fraction of sp³-hybridized carbons (Fsp3) is 0.455. The molecule has 5 heterocycles. The van der Waals surface area contributed by atoms with Crippen molar-refractivity contribution in [3.63, 3.8) is 0 Å².